The first kappa shape index (κ1) is 11.7. The molecule has 1 aliphatic carbocycles. The van der Waals surface area contributed by atoms with Gasteiger partial charge >= 0.3 is 0 Å². The van der Waals surface area contributed by atoms with Crippen LogP contribution < -0.4 is 10.5 Å². The molecule has 0 bridgehead atoms. The van der Waals surface area contributed by atoms with Crippen LogP contribution in [-0.4, -0.2) is 23.9 Å². The molecule has 2 unspecified atom stereocenters. The van der Waals surface area contributed by atoms with Crippen LogP contribution in [0.15, 0.2) is 24.3 Å². The maximum absolute atomic E-state index is 9.28. The third-order valence-electron chi connectivity index (χ3n) is 2.89. The van der Waals surface area contributed by atoms with Crippen LogP contribution >= 0.6 is 11.6 Å². The molecule has 3 N–H and O–H groups in total. The van der Waals surface area contributed by atoms with Crippen LogP contribution in [0.1, 0.15) is 12.8 Å². The number of ether oxygens (including phenoxy) is 1. The van der Waals surface area contributed by atoms with Crippen LogP contribution in [0.3, 0.4) is 0 Å². The molecule has 0 amide bonds. The molecule has 16 heavy (non-hydrogen) atoms. The van der Waals surface area contributed by atoms with Gasteiger partial charge in [0.2, 0.25) is 0 Å². The maximum Gasteiger partial charge on any atom is 0.138 e. The summed E-state index contributed by atoms with van der Waals surface area (Å²) < 4.78 is 5.65. The molecule has 4 heteroatoms. The third-order valence-corrected chi connectivity index (χ3v) is 3.20. The van der Waals surface area contributed by atoms with E-state index >= 15 is 0 Å². The summed E-state index contributed by atoms with van der Waals surface area (Å²) in [6.45, 7) is -0.0805. The number of benzene rings is 1. The summed E-state index contributed by atoms with van der Waals surface area (Å²) in [5, 5.41) is 9.82. The Labute approximate surface area is 100 Å². The lowest BCUT2D eigenvalue weighted by molar-refractivity contribution is 0.0883. The standard InChI is InChI=1S/C12H16ClNO2/c13-9-3-1-2-4-10(9)16-11(7-15)12(14)8-5-6-8/h1-4,8,11-12,15H,5-7,14H2. The number of para-hydroxylation sites is 1. The Bertz CT molecular complexity index is 355. The highest BCUT2D eigenvalue weighted by atomic mass is 35.5. The molecule has 0 heterocycles. The van der Waals surface area contributed by atoms with Gasteiger partial charge in [0.05, 0.1) is 11.6 Å². The van der Waals surface area contributed by atoms with Gasteiger partial charge in [-0.2, -0.15) is 0 Å². The van der Waals surface area contributed by atoms with Crippen LogP contribution in [0.2, 0.25) is 5.02 Å². The first-order valence-corrected chi connectivity index (χ1v) is 5.88. The summed E-state index contributed by atoms with van der Waals surface area (Å²) >= 11 is 5.98. The molecule has 1 saturated carbocycles. The number of hydrogen-bond acceptors (Lipinski definition) is 3. The average Bonchev–Trinajstić information content (AvgIpc) is 3.11. The zero-order valence-corrected chi connectivity index (χ0v) is 9.73. The highest BCUT2D eigenvalue weighted by molar-refractivity contribution is 6.32. The smallest absolute Gasteiger partial charge is 0.138 e. The van der Waals surface area contributed by atoms with Gasteiger partial charge in [0, 0.05) is 6.04 Å². The first-order chi connectivity index (χ1) is 7.72. The normalized spacial score (nSPS) is 19.2. The molecular formula is C12H16ClNO2. The summed E-state index contributed by atoms with van der Waals surface area (Å²) in [5.74, 6) is 1.07. The van der Waals surface area contributed by atoms with E-state index in [1.165, 1.54) is 0 Å². The Morgan fingerprint density at radius 2 is 2.12 bits per heavy atom. The van der Waals surface area contributed by atoms with E-state index in [2.05, 4.69) is 0 Å². The monoisotopic (exact) mass is 241 g/mol. The van der Waals surface area contributed by atoms with E-state index in [1.807, 2.05) is 12.1 Å². The molecule has 88 valence electrons. The Morgan fingerprint density at radius 3 is 2.69 bits per heavy atom. The molecule has 3 nitrogen and oxygen atoms in total. The van der Waals surface area contributed by atoms with Crippen molar-refractivity contribution in [2.75, 3.05) is 6.61 Å². The van der Waals surface area contributed by atoms with Gasteiger partial charge in [-0.05, 0) is 30.9 Å². The van der Waals surface area contributed by atoms with E-state index < -0.39 is 0 Å². The molecule has 1 fully saturated rings. The van der Waals surface area contributed by atoms with Gasteiger partial charge in [0.1, 0.15) is 11.9 Å². The van der Waals surface area contributed by atoms with E-state index in [0.717, 1.165) is 12.8 Å². The van der Waals surface area contributed by atoms with Crippen molar-refractivity contribution in [1.82, 2.24) is 0 Å². The molecular weight excluding hydrogens is 226 g/mol. The number of rotatable bonds is 5. The predicted molar refractivity (Wildman–Crippen MR) is 63.7 cm³/mol. The van der Waals surface area contributed by atoms with Crippen LogP contribution in [0.25, 0.3) is 0 Å². The Balaban J connectivity index is 2.03. The van der Waals surface area contributed by atoms with Crippen molar-refractivity contribution in [3.05, 3.63) is 29.3 Å². The molecule has 0 saturated heterocycles. The highest BCUT2D eigenvalue weighted by Gasteiger charge is 2.35. The zero-order chi connectivity index (χ0) is 11.5. The largest absolute Gasteiger partial charge is 0.485 e. The van der Waals surface area contributed by atoms with E-state index in [1.54, 1.807) is 12.1 Å². The quantitative estimate of drug-likeness (QED) is 0.827. The molecule has 2 atom stereocenters. The number of hydrogen-bond donors (Lipinski definition) is 2. The molecule has 0 aromatic heterocycles. The minimum Gasteiger partial charge on any atom is -0.485 e. The van der Waals surface area contributed by atoms with Crippen molar-refractivity contribution in [3.63, 3.8) is 0 Å². The molecule has 0 spiro atoms. The van der Waals surface area contributed by atoms with Gasteiger partial charge in [-0.1, -0.05) is 23.7 Å². The van der Waals surface area contributed by atoms with E-state index in [0.29, 0.717) is 16.7 Å². The van der Waals surface area contributed by atoms with Crippen molar-refractivity contribution in [2.24, 2.45) is 11.7 Å². The van der Waals surface area contributed by atoms with Crippen molar-refractivity contribution in [3.8, 4) is 5.75 Å². The van der Waals surface area contributed by atoms with Gasteiger partial charge < -0.3 is 15.6 Å². The minimum atomic E-state index is -0.368. The molecule has 2 rings (SSSR count). The molecule has 0 aliphatic heterocycles. The van der Waals surface area contributed by atoms with Crippen molar-refractivity contribution < 1.29 is 9.84 Å². The fourth-order valence-corrected chi connectivity index (χ4v) is 1.91. The maximum atomic E-state index is 9.28. The minimum absolute atomic E-state index is 0.0805. The van der Waals surface area contributed by atoms with E-state index in [-0.39, 0.29) is 18.8 Å². The summed E-state index contributed by atoms with van der Waals surface area (Å²) in [6.07, 6.45) is 1.89. The lowest BCUT2D eigenvalue weighted by Crippen LogP contribution is -2.43. The van der Waals surface area contributed by atoms with Crippen LogP contribution in [-0.2, 0) is 0 Å². The number of halogens is 1. The molecule has 0 radical (unpaired) electrons. The van der Waals surface area contributed by atoms with Gasteiger partial charge in [-0.25, -0.2) is 0 Å². The van der Waals surface area contributed by atoms with Crippen molar-refractivity contribution >= 4 is 11.6 Å². The first-order valence-electron chi connectivity index (χ1n) is 5.50. The van der Waals surface area contributed by atoms with Crippen LogP contribution in [0.5, 0.6) is 5.75 Å². The summed E-state index contributed by atoms with van der Waals surface area (Å²) in [7, 11) is 0. The van der Waals surface area contributed by atoms with Crippen molar-refractivity contribution in [1.29, 1.82) is 0 Å². The van der Waals surface area contributed by atoms with Gasteiger partial charge in [0.25, 0.3) is 0 Å². The molecule has 1 aromatic carbocycles. The summed E-state index contributed by atoms with van der Waals surface area (Å²) in [5.41, 5.74) is 6.00. The Kier molecular flexibility index (Phi) is 3.69. The molecule has 1 aromatic rings. The highest BCUT2D eigenvalue weighted by Crippen LogP contribution is 2.34. The zero-order valence-electron chi connectivity index (χ0n) is 8.97. The van der Waals surface area contributed by atoms with Crippen LogP contribution in [0, 0.1) is 5.92 Å². The second-order valence-corrected chi connectivity index (χ2v) is 4.59. The Morgan fingerprint density at radius 1 is 1.44 bits per heavy atom. The fraction of sp³-hybridized carbons (Fsp3) is 0.500. The summed E-state index contributed by atoms with van der Waals surface area (Å²) in [6, 6.07) is 7.11. The Hall–Kier alpha value is -0.770. The number of aliphatic hydroxyl groups excluding tert-OH is 1. The second-order valence-electron chi connectivity index (χ2n) is 4.18. The topological polar surface area (TPSA) is 55.5 Å². The number of nitrogens with two attached hydrogens (primary N) is 1. The second kappa shape index (κ2) is 5.04. The number of aliphatic hydroxyl groups is 1. The lowest BCUT2D eigenvalue weighted by atomic mass is 10.1. The summed E-state index contributed by atoms with van der Waals surface area (Å²) in [4.78, 5) is 0. The van der Waals surface area contributed by atoms with Crippen molar-refractivity contribution in [2.45, 2.75) is 25.0 Å². The predicted octanol–water partition coefficient (Wildman–Crippen LogP) is 1.82. The van der Waals surface area contributed by atoms with E-state index in [9.17, 15) is 5.11 Å². The van der Waals surface area contributed by atoms with E-state index in [4.69, 9.17) is 22.1 Å². The van der Waals surface area contributed by atoms with Gasteiger partial charge in [-0.3, -0.25) is 0 Å². The average molecular weight is 242 g/mol. The fourth-order valence-electron chi connectivity index (χ4n) is 1.73. The lowest BCUT2D eigenvalue weighted by Gasteiger charge is -2.23. The SMILES string of the molecule is NC(C1CC1)C(CO)Oc1ccccc1Cl. The van der Waals surface area contributed by atoms with Crippen LogP contribution in [0.4, 0.5) is 0 Å². The van der Waals surface area contributed by atoms with Gasteiger partial charge in [-0.15, -0.1) is 0 Å². The third kappa shape index (κ3) is 2.67. The van der Waals surface area contributed by atoms with Gasteiger partial charge in [0.15, 0.2) is 0 Å². The molecule has 1 aliphatic rings.